The van der Waals surface area contributed by atoms with Gasteiger partial charge >= 0.3 is 5.97 Å². The smallest absolute Gasteiger partial charge is 0.303 e. The Morgan fingerprint density at radius 3 is 2.78 bits per heavy atom. The maximum absolute atomic E-state index is 10.6. The molecule has 6 atom stereocenters. The Bertz CT molecular complexity index is 524. The first-order chi connectivity index (χ1) is 12.9. The standard InChI is InChI=1S/C23H38O4/c1-3-4-7-16(2)12-19(24)10-11-20-21-14-17(8-5-6-9-23(26)27)13-18(21)15-22(20)25/h8,10-11,16,18-22,24-25H,3-7,9,12-15H2,1-2H3,(H,26,27)/t16?,18-,19+,20-,21+,22-/m1/s1. The zero-order valence-corrected chi connectivity index (χ0v) is 17.0. The van der Waals surface area contributed by atoms with Crippen LogP contribution in [0.3, 0.4) is 0 Å². The fourth-order valence-electron chi connectivity index (χ4n) is 4.92. The van der Waals surface area contributed by atoms with E-state index in [4.69, 9.17) is 5.11 Å². The van der Waals surface area contributed by atoms with E-state index in [0.717, 1.165) is 38.5 Å². The third-order valence-electron chi connectivity index (χ3n) is 6.39. The molecule has 2 aliphatic carbocycles. The molecule has 3 N–H and O–H groups in total. The summed E-state index contributed by atoms with van der Waals surface area (Å²) in [5.74, 6) is 0.929. The van der Waals surface area contributed by atoms with Gasteiger partial charge < -0.3 is 15.3 Å². The van der Waals surface area contributed by atoms with Crippen molar-refractivity contribution in [2.24, 2.45) is 23.7 Å². The Hall–Kier alpha value is -1.13. The Labute approximate surface area is 164 Å². The zero-order chi connectivity index (χ0) is 19.8. The molecular formula is C23H38O4. The van der Waals surface area contributed by atoms with Gasteiger partial charge in [0.05, 0.1) is 12.2 Å². The minimum absolute atomic E-state index is 0.139. The van der Waals surface area contributed by atoms with Crippen LogP contribution >= 0.6 is 0 Å². The van der Waals surface area contributed by atoms with Crippen LogP contribution in [0.15, 0.2) is 23.8 Å². The number of hydrogen-bond acceptors (Lipinski definition) is 3. The number of carboxylic acid groups (broad SMARTS) is 1. The number of hydrogen-bond donors (Lipinski definition) is 3. The normalized spacial score (nSPS) is 31.5. The first-order valence-electron chi connectivity index (χ1n) is 10.8. The van der Waals surface area contributed by atoms with Gasteiger partial charge in [-0.05, 0) is 56.3 Å². The second-order valence-corrected chi connectivity index (χ2v) is 8.80. The van der Waals surface area contributed by atoms with Crippen molar-refractivity contribution in [1.29, 1.82) is 0 Å². The minimum Gasteiger partial charge on any atom is -0.481 e. The molecule has 4 nitrogen and oxygen atoms in total. The van der Waals surface area contributed by atoms with E-state index in [1.54, 1.807) is 0 Å². The van der Waals surface area contributed by atoms with Crippen LogP contribution in [-0.4, -0.2) is 33.5 Å². The molecule has 2 aliphatic rings. The molecule has 2 rings (SSSR count). The van der Waals surface area contributed by atoms with E-state index in [9.17, 15) is 15.0 Å². The van der Waals surface area contributed by atoms with Gasteiger partial charge in [0, 0.05) is 12.3 Å². The van der Waals surface area contributed by atoms with E-state index in [1.165, 1.54) is 18.4 Å². The number of carbonyl (C=O) groups is 1. The van der Waals surface area contributed by atoms with Gasteiger partial charge in [0.2, 0.25) is 0 Å². The monoisotopic (exact) mass is 378 g/mol. The van der Waals surface area contributed by atoms with E-state index in [0.29, 0.717) is 24.2 Å². The van der Waals surface area contributed by atoms with Crippen LogP contribution in [0.4, 0.5) is 0 Å². The third kappa shape index (κ3) is 7.08. The van der Waals surface area contributed by atoms with Gasteiger partial charge in [-0.1, -0.05) is 56.9 Å². The molecular weight excluding hydrogens is 340 g/mol. The lowest BCUT2D eigenvalue weighted by molar-refractivity contribution is -0.137. The van der Waals surface area contributed by atoms with Crippen LogP contribution in [0.5, 0.6) is 0 Å². The fourth-order valence-corrected chi connectivity index (χ4v) is 4.92. The average molecular weight is 379 g/mol. The minimum atomic E-state index is -0.729. The van der Waals surface area contributed by atoms with Crippen molar-refractivity contribution >= 4 is 5.97 Å². The lowest BCUT2D eigenvalue weighted by atomic mass is 9.89. The van der Waals surface area contributed by atoms with Crippen molar-refractivity contribution < 1.29 is 20.1 Å². The molecule has 27 heavy (non-hydrogen) atoms. The van der Waals surface area contributed by atoms with Crippen LogP contribution in [0.2, 0.25) is 0 Å². The van der Waals surface area contributed by atoms with Gasteiger partial charge in [0.1, 0.15) is 0 Å². The Balaban J connectivity index is 1.83. The second kappa shape index (κ2) is 11.0. The van der Waals surface area contributed by atoms with E-state index >= 15 is 0 Å². The van der Waals surface area contributed by atoms with Gasteiger partial charge in [0.25, 0.3) is 0 Å². The maximum Gasteiger partial charge on any atom is 0.303 e. The van der Waals surface area contributed by atoms with E-state index in [2.05, 4.69) is 26.0 Å². The predicted molar refractivity (Wildman–Crippen MR) is 108 cm³/mol. The first kappa shape index (κ1) is 22.2. The number of fused-ring (bicyclic) bond motifs is 1. The van der Waals surface area contributed by atoms with Crippen molar-refractivity contribution in [3.63, 3.8) is 0 Å². The maximum atomic E-state index is 10.6. The summed E-state index contributed by atoms with van der Waals surface area (Å²) < 4.78 is 0. The summed E-state index contributed by atoms with van der Waals surface area (Å²) in [7, 11) is 0. The highest BCUT2D eigenvalue weighted by molar-refractivity contribution is 5.66. The Kier molecular flexibility index (Phi) is 9.04. The molecule has 0 aromatic heterocycles. The summed E-state index contributed by atoms with van der Waals surface area (Å²) in [4.78, 5) is 10.6. The van der Waals surface area contributed by atoms with Gasteiger partial charge in [-0.3, -0.25) is 4.79 Å². The van der Waals surface area contributed by atoms with E-state index in [-0.39, 0.29) is 18.4 Å². The molecule has 154 valence electrons. The number of aliphatic hydroxyl groups excluding tert-OH is 2. The fraction of sp³-hybridized carbons (Fsp3) is 0.783. The molecule has 2 saturated carbocycles. The SMILES string of the molecule is CCCCC(C)C[C@@H](O)C=C[C@@H]1[C@H]2CC(=CCCCC(=O)O)C[C@@H]2C[C@H]1O. The molecule has 0 heterocycles. The first-order valence-corrected chi connectivity index (χ1v) is 10.8. The number of carboxylic acids is 1. The number of aliphatic carboxylic acids is 1. The Morgan fingerprint density at radius 1 is 1.30 bits per heavy atom. The molecule has 0 aromatic carbocycles. The quantitative estimate of drug-likeness (QED) is 0.359. The molecule has 0 spiro atoms. The van der Waals surface area contributed by atoms with E-state index in [1.807, 2.05) is 6.08 Å². The number of rotatable bonds is 11. The summed E-state index contributed by atoms with van der Waals surface area (Å²) >= 11 is 0. The molecule has 0 amide bonds. The van der Waals surface area contributed by atoms with Gasteiger partial charge in [0.15, 0.2) is 0 Å². The highest BCUT2D eigenvalue weighted by Gasteiger charge is 2.44. The summed E-state index contributed by atoms with van der Waals surface area (Å²) in [6.07, 6.45) is 14.5. The molecule has 4 heteroatoms. The second-order valence-electron chi connectivity index (χ2n) is 8.80. The summed E-state index contributed by atoms with van der Waals surface area (Å²) in [6.45, 7) is 4.39. The van der Waals surface area contributed by atoms with Crippen molar-refractivity contribution in [2.45, 2.75) is 90.3 Å². The molecule has 2 fully saturated rings. The Morgan fingerprint density at radius 2 is 2.07 bits per heavy atom. The molecule has 0 radical (unpaired) electrons. The number of allylic oxidation sites excluding steroid dienone is 2. The molecule has 0 aromatic rings. The number of aliphatic hydroxyl groups is 2. The van der Waals surface area contributed by atoms with Crippen molar-refractivity contribution in [1.82, 2.24) is 0 Å². The van der Waals surface area contributed by atoms with Crippen LogP contribution in [-0.2, 0) is 4.79 Å². The van der Waals surface area contributed by atoms with Crippen molar-refractivity contribution in [2.75, 3.05) is 0 Å². The van der Waals surface area contributed by atoms with Crippen LogP contribution in [0.1, 0.15) is 78.1 Å². The zero-order valence-electron chi connectivity index (χ0n) is 17.0. The lowest BCUT2D eigenvalue weighted by Crippen LogP contribution is -2.18. The van der Waals surface area contributed by atoms with E-state index < -0.39 is 12.1 Å². The average Bonchev–Trinajstić information content (AvgIpc) is 3.11. The summed E-state index contributed by atoms with van der Waals surface area (Å²) in [5.41, 5.74) is 1.43. The van der Waals surface area contributed by atoms with Crippen LogP contribution < -0.4 is 0 Å². The topological polar surface area (TPSA) is 77.8 Å². The highest BCUT2D eigenvalue weighted by atomic mass is 16.4. The van der Waals surface area contributed by atoms with Crippen LogP contribution in [0, 0.1) is 23.7 Å². The summed E-state index contributed by atoms with van der Waals surface area (Å²) in [5, 5.41) is 29.5. The largest absolute Gasteiger partial charge is 0.481 e. The molecule has 0 bridgehead atoms. The predicted octanol–water partition coefficient (Wildman–Crippen LogP) is 4.71. The molecule has 1 unspecified atom stereocenters. The van der Waals surface area contributed by atoms with Crippen molar-refractivity contribution in [3.8, 4) is 0 Å². The summed E-state index contributed by atoms with van der Waals surface area (Å²) in [6, 6.07) is 0. The number of unbranched alkanes of at least 4 members (excludes halogenated alkanes) is 2. The van der Waals surface area contributed by atoms with Crippen molar-refractivity contribution in [3.05, 3.63) is 23.8 Å². The van der Waals surface area contributed by atoms with Gasteiger partial charge in [-0.2, -0.15) is 0 Å². The lowest BCUT2D eigenvalue weighted by Gasteiger charge is -2.18. The third-order valence-corrected chi connectivity index (χ3v) is 6.39. The molecule has 0 saturated heterocycles. The molecule has 0 aliphatic heterocycles. The highest BCUT2D eigenvalue weighted by Crippen LogP contribution is 2.50. The van der Waals surface area contributed by atoms with Crippen LogP contribution in [0.25, 0.3) is 0 Å². The van der Waals surface area contributed by atoms with Gasteiger partial charge in [-0.15, -0.1) is 0 Å². The van der Waals surface area contributed by atoms with Gasteiger partial charge in [-0.25, -0.2) is 0 Å².